The fourth-order valence-electron chi connectivity index (χ4n) is 3.44. The molecule has 3 heteroatoms. The third kappa shape index (κ3) is 4.07. The normalized spacial score (nSPS) is 22.3. The van der Waals surface area contributed by atoms with Gasteiger partial charge < -0.3 is 10.1 Å². The van der Waals surface area contributed by atoms with E-state index in [1.807, 2.05) is 24.3 Å². The first-order valence-electron chi connectivity index (χ1n) is 8.03. The number of rotatable bonds is 5. The van der Waals surface area contributed by atoms with Crippen LogP contribution in [0.15, 0.2) is 24.3 Å². The van der Waals surface area contributed by atoms with E-state index in [0.29, 0.717) is 17.5 Å². The van der Waals surface area contributed by atoms with E-state index in [9.17, 15) is 4.79 Å². The van der Waals surface area contributed by atoms with E-state index < -0.39 is 0 Å². The molecule has 2 rings (SSSR count). The molecule has 0 spiro atoms. The molecule has 116 valence electrons. The van der Waals surface area contributed by atoms with E-state index in [-0.39, 0.29) is 5.97 Å². The Labute approximate surface area is 128 Å². The Morgan fingerprint density at radius 1 is 1.29 bits per heavy atom. The van der Waals surface area contributed by atoms with Crippen molar-refractivity contribution >= 4 is 5.97 Å². The van der Waals surface area contributed by atoms with Crippen LogP contribution in [0, 0.1) is 11.8 Å². The molecule has 3 nitrogen and oxygen atoms in total. The van der Waals surface area contributed by atoms with Crippen LogP contribution in [0.3, 0.4) is 0 Å². The van der Waals surface area contributed by atoms with Gasteiger partial charge in [0, 0.05) is 12.6 Å². The Bertz CT molecular complexity index is 470. The molecule has 2 atom stereocenters. The van der Waals surface area contributed by atoms with Crippen LogP contribution < -0.4 is 5.32 Å². The number of hydrogen-bond acceptors (Lipinski definition) is 3. The quantitative estimate of drug-likeness (QED) is 0.838. The zero-order chi connectivity index (χ0) is 15.2. The maximum absolute atomic E-state index is 11.8. The summed E-state index contributed by atoms with van der Waals surface area (Å²) in [7, 11) is 1.43. The first kappa shape index (κ1) is 16.0. The highest BCUT2D eigenvalue weighted by Gasteiger charge is 2.27. The number of carbonyl (C=O) groups is 1. The lowest BCUT2D eigenvalue weighted by atomic mass is 9.78. The summed E-state index contributed by atoms with van der Waals surface area (Å²) in [5.74, 6) is 1.19. The van der Waals surface area contributed by atoms with Gasteiger partial charge in [0.1, 0.15) is 0 Å². The van der Waals surface area contributed by atoms with Crippen molar-refractivity contribution in [3.05, 3.63) is 35.4 Å². The smallest absolute Gasteiger partial charge is 0.338 e. The maximum Gasteiger partial charge on any atom is 0.338 e. The number of hydrogen-bond donors (Lipinski definition) is 1. The minimum absolute atomic E-state index is 0.253. The van der Waals surface area contributed by atoms with Crippen molar-refractivity contribution in [2.45, 2.75) is 52.1 Å². The van der Waals surface area contributed by atoms with E-state index >= 15 is 0 Å². The van der Waals surface area contributed by atoms with Crippen molar-refractivity contribution in [3.63, 3.8) is 0 Å². The van der Waals surface area contributed by atoms with E-state index in [4.69, 9.17) is 4.74 Å². The third-order valence-corrected chi connectivity index (χ3v) is 4.65. The first-order valence-corrected chi connectivity index (χ1v) is 8.03. The molecule has 0 saturated heterocycles. The first-order chi connectivity index (χ1) is 10.1. The summed E-state index contributed by atoms with van der Waals surface area (Å²) in [5, 5.41) is 3.68. The molecule has 0 amide bonds. The molecule has 1 aliphatic rings. The van der Waals surface area contributed by atoms with Gasteiger partial charge in [-0.1, -0.05) is 44.9 Å². The van der Waals surface area contributed by atoms with Gasteiger partial charge >= 0.3 is 5.97 Å². The topological polar surface area (TPSA) is 38.3 Å². The standard InChI is InChI=1S/C18H27NO2/c1-13(2)15-9-6-7-11-17(15)19-12-14-8-4-5-10-16(14)18(20)21-3/h4-5,8,10,13,15,17,19H,6-7,9,11-12H2,1-3H3. The van der Waals surface area contributed by atoms with Gasteiger partial charge in [-0.2, -0.15) is 0 Å². The summed E-state index contributed by atoms with van der Waals surface area (Å²) >= 11 is 0. The predicted octanol–water partition coefficient (Wildman–Crippen LogP) is 3.78. The number of benzene rings is 1. The summed E-state index contributed by atoms with van der Waals surface area (Å²) in [6.07, 6.45) is 5.20. The summed E-state index contributed by atoms with van der Waals surface area (Å²) in [6, 6.07) is 8.26. The molecule has 1 N–H and O–H groups in total. The highest BCUT2D eigenvalue weighted by molar-refractivity contribution is 5.90. The van der Waals surface area contributed by atoms with Gasteiger partial charge in [0.15, 0.2) is 0 Å². The molecular weight excluding hydrogens is 262 g/mol. The van der Waals surface area contributed by atoms with Gasteiger partial charge in [0.25, 0.3) is 0 Å². The number of methoxy groups -OCH3 is 1. The van der Waals surface area contributed by atoms with Crippen LogP contribution in [0.5, 0.6) is 0 Å². The summed E-state index contributed by atoms with van der Waals surface area (Å²) in [6.45, 7) is 5.36. The van der Waals surface area contributed by atoms with Crippen LogP contribution in [-0.2, 0) is 11.3 Å². The van der Waals surface area contributed by atoms with E-state index in [1.54, 1.807) is 0 Å². The fourth-order valence-corrected chi connectivity index (χ4v) is 3.44. The Morgan fingerprint density at radius 2 is 2.00 bits per heavy atom. The second-order valence-corrected chi connectivity index (χ2v) is 6.33. The number of esters is 1. The van der Waals surface area contributed by atoms with Crippen molar-refractivity contribution in [3.8, 4) is 0 Å². The minimum Gasteiger partial charge on any atom is -0.465 e. The van der Waals surface area contributed by atoms with Crippen LogP contribution in [0.4, 0.5) is 0 Å². The van der Waals surface area contributed by atoms with Crippen LogP contribution in [0.25, 0.3) is 0 Å². The molecule has 0 aliphatic heterocycles. The van der Waals surface area contributed by atoms with Crippen molar-refractivity contribution in [1.82, 2.24) is 5.32 Å². The molecule has 0 radical (unpaired) electrons. The number of carbonyl (C=O) groups excluding carboxylic acids is 1. The molecule has 2 unspecified atom stereocenters. The van der Waals surface area contributed by atoms with E-state index in [1.165, 1.54) is 32.8 Å². The Morgan fingerprint density at radius 3 is 2.71 bits per heavy atom. The SMILES string of the molecule is COC(=O)c1ccccc1CNC1CCCCC1C(C)C. The molecule has 0 heterocycles. The van der Waals surface area contributed by atoms with Crippen LogP contribution in [0.2, 0.25) is 0 Å². The van der Waals surface area contributed by atoms with Gasteiger partial charge in [-0.05, 0) is 36.3 Å². The summed E-state index contributed by atoms with van der Waals surface area (Å²) in [5.41, 5.74) is 1.70. The summed E-state index contributed by atoms with van der Waals surface area (Å²) in [4.78, 5) is 11.8. The monoisotopic (exact) mass is 289 g/mol. The average Bonchev–Trinajstić information content (AvgIpc) is 2.52. The lowest BCUT2D eigenvalue weighted by Gasteiger charge is -2.35. The highest BCUT2D eigenvalue weighted by atomic mass is 16.5. The Hall–Kier alpha value is -1.35. The second kappa shape index (κ2) is 7.60. The second-order valence-electron chi connectivity index (χ2n) is 6.33. The number of ether oxygens (including phenoxy) is 1. The van der Waals surface area contributed by atoms with Gasteiger partial charge in [0.05, 0.1) is 12.7 Å². The predicted molar refractivity (Wildman–Crippen MR) is 85.2 cm³/mol. The third-order valence-electron chi connectivity index (χ3n) is 4.65. The van der Waals surface area contributed by atoms with Crippen LogP contribution in [-0.4, -0.2) is 19.1 Å². The lowest BCUT2D eigenvalue weighted by Crippen LogP contribution is -2.40. The van der Waals surface area contributed by atoms with Crippen molar-refractivity contribution in [1.29, 1.82) is 0 Å². The van der Waals surface area contributed by atoms with E-state index in [2.05, 4.69) is 19.2 Å². The number of nitrogens with one attached hydrogen (secondary N) is 1. The van der Waals surface area contributed by atoms with Crippen molar-refractivity contribution in [2.24, 2.45) is 11.8 Å². The zero-order valence-corrected chi connectivity index (χ0v) is 13.4. The van der Waals surface area contributed by atoms with E-state index in [0.717, 1.165) is 18.0 Å². The molecule has 1 aromatic rings. The lowest BCUT2D eigenvalue weighted by molar-refractivity contribution is 0.0599. The summed E-state index contributed by atoms with van der Waals surface area (Å²) < 4.78 is 4.86. The molecule has 1 saturated carbocycles. The van der Waals surface area contributed by atoms with Gasteiger partial charge in [-0.15, -0.1) is 0 Å². The van der Waals surface area contributed by atoms with Crippen LogP contribution >= 0.6 is 0 Å². The maximum atomic E-state index is 11.8. The van der Waals surface area contributed by atoms with Crippen molar-refractivity contribution < 1.29 is 9.53 Å². The minimum atomic E-state index is -0.253. The largest absolute Gasteiger partial charge is 0.465 e. The van der Waals surface area contributed by atoms with Gasteiger partial charge in [0.2, 0.25) is 0 Å². The molecule has 0 aromatic heterocycles. The molecule has 1 aromatic carbocycles. The Kier molecular flexibility index (Phi) is 5.80. The van der Waals surface area contributed by atoms with Crippen molar-refractivity contribution in [2.75, 3.05) is 7.11 Å². The van der Waals surface area contributed by atoms with Crippen LogP contribution in [0.1, 0.15) is 55.5 Å². The molecule has 21 heavy (non-hydrogen) atoms. The highest BCUT2D eigenvalue weighted by Crippen LogP contribution is 2.30. The molecule has 1 fully saturated rings. The van der Waals surface area contributed by atoms with Gasteiger partial charge in [-0.25, -0.2) is 4.79 Å². The molecular formula is C18H27NO2. The fraction of sp³-hybridized carbons (Fsp3) is 0.611. The molecule has 1 aliphatic carbocycles. The zero-order valence-electron chi connectivity index (χ0n) is 13.4. The van der Waals surface area contributed by atoms with Gasteiger partial charge in [-0.3, -0.25) is 0 Å². The molecule has 0 bridgehead atoms. The average molecular weight is 289 g/mol. The Balaban J connectivity index is 2.03.